The molecule has 6 nitrogen and oxygen atoms in total. The van der Waals surface area contributed by atoms with Crippen molar-refractivity contribution < 1.29 is 19.4 Å². The average molecular weight is 471 g/mol. The summed E-state index contributed by atoms with van der Waals surface area (Å²) < 4.78 is 6.12. The third-order valence-corrected chi connectivity index (χ3v) is 6.96. The molecule has 1 N–H and O–H groups in total. The monoisotopic (exact) mass is 470 g/mol. The highest BCUT2D eigenvalue weighted by molar-refractivity contribution is 7.22. The number of aliphatic hydroxyl groups is 1. The number of aryl methyl sites for hydroxylation is 2. The van der Waals surface area contributed by atoms with E-state index >= 15 is 0 Å². The predicted molar refractivity (Wildman–Crippen MR) is 133 cm³/mol. The van der Waals surface area contributed by atoms with Gasteiger partial charge in [-0.1, -0.05) is 47.2 Å². The summed E-state index contributed by atoms with van der Waals surface area (Å²) in [4.78, 5) is 32.7. The van der Waals surface area contributed by atoms with Crippen molar-refractivity contribution in [2.75, 3.05) is 12.0 Å². The first-order valence-corrected chi connectivity index (χ1v) is 11.6. The predicted octanol–water partition coefficient (Wildman–Crippen LogP) is 5.55. The molecule has 170 valence electrons. The van der Waals surface area contributed by atoms with Crippen LogP contribution < -0.4 is 9.64 Å². The molecule has 1 aliphatic rings. The van der Waals surface area contributed by atoms with Gasteiger partial charge in [0.05, 0.1) is 28.9 Å². The minimum absolute atomic E-state index is 0.0365. The van der Waals surface area contributed by atoms with E-state index in [4.69, 9.17) is 4.74 Å². The molecule has 1 fully saturated rings. The maximum atomic E-state index is 13.3. The van der Waals surface area contributed by atoms with Crippen molar-refractivity contribution in [2.45, 2.75) is 19.9 Å². The fraction of sp³-hybridized carbons (Fsp3) is 0.148. The van der Waals surface area contributed by atoms with Crippen LogP contribution in [0, 0.1) is 13.8 Å². The van der Waals surface area contributed by atoms with E-state index in [-0.39, 0.29) is 11.3 Å². The molecule has 1 aromatic heterocycles. The van der Waals surface area contributed by atoms with E-state index in [1.165, 1.54) is 16.2 Å². The molecule has 3 aromatic carbocycles. The molecule has 0 bridgehead atoms. The minimum atomic E-state index is -0.802. The number of amides is 1. The van der Waals surface area contributed by atoms with Gasteiger partial charge >= 0.3 is 5.91 Å². The second-order valence-corrected chi connectivity index (χ2v) is 9.29. The van der Waals surface area contributed by atoms with E-state index in [0.717, 1.165) is 26.9 Å². The van der Waals surface area contributed by atoms with Gasteiger partial charge in [0.25, 0.3) is 5.78 Å². The summed E-state index contributed by atoms with van der Waals surface area (Å²) >= 11 is 1.35. The molecular weight excluding hydrogens is 448 g/mol. The number of carbonyl (C=O) groups is 2. The lowest BCUT2D eigenvalue weighted by molar-refractivity contribution is -0.132. The molecule has 1 atom stereocenters. The summed E-state index contributed by atoms with van der Waals surface area (Å²) in [5.74, 6) is -1.06. The summed E-state index contributed by atoms with van der Waals surface area (Å²) in [6.07, 6.45) is 0. The van der Waals surface area contributed by atoms with Gasteiger partial charge in [0, 0.05) is 5.56 Å². The molecule has 0 spiro atoms. The van der Waals surface area contributed by atoms with Gasteiger partial charge < -0.3 is 9.84 Å². The van der Waals surface area contributed by atoms with Crippen molar-refractivity contribution in [3.8, 4) is 5.75 Å². The summed E-state index contributed by atoms with van der Waals surface area (Å²) in [5.41, 5.74) is 4.07. The molecule has 7 heteroatoms. The van der Waals surface area contributed by atoms with Crippen LogP contribution in [-0.4, -0.2) is 28.9 Å². The number of rotatable bonds is 4. The molecule has 1 aliphatic heterocycles. The number of thiazole rings is 1. The molecule has 1 amide bonds. The van der Waals surface area contributed by atoms with Gasteiger partial charge in [-0.2, -0.15) is 0 Å². The van der Waals surface area contributed by atoms with Crippen LogP contribution in [0.25, 0.3) is 16.0 Å². The van der Waals surface area contributed by atoms with Crippen molar-refractivity contribution in [1.29, 1.82) is 0 Å². The number of benzene rings is 3. The Kier molecular flexibility index (Phi) is 5.42. The van der Waals surface area contributed by atoms with Crippen LogP contribution in [0.5, 0.6) is 5.75 Å². The molecule has 5 rings (SSSR count). The molecule has 0 aliphatic carbocycles. The molecule has 0 saturated carbocycles. The first-order valence-electron chi connectivity index (χ1n) is 10.8. The molecular formula is C27H22N2O4S. The number of ketones is 1. The first-order chi connectivity index (χ1) is 16.4. The Hall–Kier alpha value is -3.97. The van der Waals surface area contributed by atoms with Crippen molar-refractivity contribution in [3.05, 3.63) is 94.6 Å². The Morgan fingerprint density at radius 2 is 1.65 bits per heavy atom. The number of methoxy groups -OCH3 is 1. The number of aromatic nitrogens is 1. The standard InChI is InChI=1S/C27H22N2O4S/c1-15-4-7-17(8-5-15)23-22(24(30)18-9-11-19(33-3)12-10-18)25(31)26(32)29(23)27-28-20-13-6-16(2)14-21(20)34-27/h4-14,23,30H,1-3H3/b24-22+. The van der Waals surface area contributed by atoms with Crippen molar-refractivity contribution in [2.24, 2.45) is 0 Å². The zero-order chi connectivity index (χ0) is 24.0. The summed E-state index contributed by atoms with van der Waals surface area (Å²) in [6.45, 7) is 3.96. The third kappa shape index (κ3) is 3.64. The number of hydrogen-bond donors (Lipinski definition) is 1. The number of Topliss-reactive ketones (excluding diaryl/α,β-unsaturated/α-hetero) is 1. The van der Waals surface area contributed by atoms with Crippen molar-refractivity contribution >= 4 is 44.1 Å². The number of nitrogens with zero attached hydrogens (tertiary/aromatic N) is 2. The van der Waals surface area contributed by atoms with Crippen LogP contribution in [0.4, 0.5) is 5.13 Å². The van der Waals surface area contributed by atoms with Gasteiger partial charge in [-0.25, -0.2) is 4.98 Å². The second-order valence-electron chi connectivity index (χ2n) is 8.28. The number of carbonyl (C=O) groups excluding carboxylic acids is 2. The Labute approximate surface area is 200 Å². The normalized spacial score (nSPS) is 17.5. The van der Waals surface area contributed by atoms with Crippen LogP contribution in [0.2, 0.25) is 0 Å². The van der Waals surface area contributed by atoms with Crippen LogP contribution >= 0.6 is 11.3 Å². The van der Waals surface area contributed by atoms with Crippen LogP contribution in [0.15, 0.2) is 72.3 Å². The Balaban J connectivity index is 1.71. The average Bonchev–Trinajstić information content (AvgIpc) is 3.37. The summed E-state index contributed by atoms with van der Waals surface area (Å²) in [6, 6.07) is 19.4. The quantitative estimate of drug-likeness (QED) is 0.240. The van der Waals surface area contributed by atoms with Crippen LogP contribution in [0.1, 0.15) is 28.3 Å². The van der Waals surface area contributed by atoms with Crippen LogP contribution in [-0.2, 0) is 9.59 Å². The van der Waals surface area contributed by atoms with Gasteiger partial charge in [0.15, 0.2) is 5.13 Å². The van der Waals surface area contributed by atoms with E-state index in [2.05, 4.69) is 4.98 Å². The lowest BCUT2D eigenvalue weighted by atomic mass is 9.95. The highest BCUT2D eigenvalue weighted by Gasteiger charge is 2.48. The molecule has 1 saturated heterocycles. The van der Waals surface area contributed by atoms with E-state index < -0.39 is 17.7 Å². The van der Waals surface area contributed by atoms with E-state index in [1.807, 2.05) is 56.3 Å². The smallest absolute Gasteiger partial charge is 0.301 e. The number of hydrogen-bond acceptors (Lipinski definition) is 6. The van der Waals surface area contributed by atoms with E-state index in [1.54, 1.807) is 31.4 Å². The second kappa shape index (κ2) is 8.43. The van der Waals surface area contributed by atoms with E-state index in [0.29, 0.717) is 16.4 Å². The number of fused-ring (bicyclic) bond motifs is 1. The lowest BCUT2D eigenvalue weighted by Crippen LogP contribution is -2.29. The molecule has 4 aromatic rings. The topological polar surface area (TPSA) is 79.7 Å². The maximum absolute atomic E-state index is 13.3. The first kappa shape index (κ1) is 21.9. The lowest BCUT2D eigenvalue weighted by Gasteiger charge is -2.23. The third-order valence-electron chi connectivity index (χ3n) is 5.94. The zero-order valence-electron chi connectivity index (χ0n) is 18.9. The van der Waals surface area contributed by atoms with Gasteiger partial charge in [-0.05, 0) is 61.4 Å². The Morgan fingerprint density at radius 1 is 0.971 bits per heavy atom. The highest BCUT2D eigenvalue weighted by Crippen LogP contribution is 2.44. The molecule has 2 heterocycles. The van der Waals surface area contributed by atoms with Crippen molar-refractivity contribution in [3.63, 3.8) is 0 Å². The molecule has 34 heavy (non-hydrogen) atoms. The van der Waals surface area contributed by atoms with Crippen LogP contribution in [0.3, 0.4) is 0 Å². The largest absolute Gasteiger partial charge is 0.507 e. The SMILES string of the molecule is COc1ccc(/C(O)=C2\C(=O)C(=O)N(c3nc4ccc(C)cc4s3)C2c2ccc(C)cc2)cc1. The fourth-order valence-corrected chi connectivity index (χ4v) is 5.21. The van der Waals surface area contributed by atoms with Crippen molar-refractivity contribution in [1.82, 2.24) is 4.98 Å². The summed E-state index contributed by atoms with van der Waals surface area (Å²) in [7, 11) is 1.55. The Bertz CT molecular complexity index is 1450. The summed E-state index contributed by atoms with van der Waals surface area (Å²) in [5, 5.41) is 11.6. The van der Waals surface area contributed by atoms with Gasteiger partial charge in [-0.3, -0.25) is 14.5 Å². The number of anilines is 1. The Morgan fingerprint density at radius 3 is 2.32 bits per heavy atom. The number of ether oxygens (including phenoxy) is 1. The van der Waals surface area contributed by atoms with Gasteiger partial charge in [0.1, 0.15) is 11.5 Å². The number of aliphatic hydroxyl groups excluding tert-OH is 1. The zero-order valence-corrected chi connectivity index (χ0v) is 19.7. The minimum Gasteiger partial charge on any atom is -0.507 e. The van der Waals surface area contributed by atoms with E-state index in [9.17, 15) is 14.7 Å². The molecule has 1 unspecified atom stereocenters. The highest BCUT2D eigenvalue weighted by atomic mass is 32.1. The maximum Gasteiger partial charge on any atom is 0.301 e. The fourth-order valence-electron chi connectivity index (χ4n) is 4.12. The van der Waals surface area contributed by atoms with Gasteiger partial charge in [0.2, 0.25) is 0 Å². The van der Waals surface area contributed by atoms with Gasteiger partial charge in [-0.15, -0.1) is 0 Å². The molecule has 0 radical (unpaired) electrons.